The first-order valence-electron chi connectivity index (χ1n) is 7.50. The zero-order chi connectivity index (χ0) is 16.9. The lowest BCUT2D eigenvalue weighted by Gasteiger charge is -2.09. The van der Waals surface area contributed by atoms with E-state index in [0.717, 1.165) is 22.4 Å². The highest BCUT2D eigenvalue weighted by Crippen LogP contribution is 2.27. The Kier molecular flexibility index (Phi) is 4.96. The molecule has 0 aliphatic heterocycles. The molecule has 0 atom stereocenters. The molecule has 3 rings (SSSR count). The molecule has 0 heterocycles. The van der Waals surface area contributed by atoms with Crippen LogP contribution in [0.25, 0.3) is 11.1 Å². The number of benzene rings is 3. The predicted molar refractivity (Wildman–Crippen MR) is 98.9 cm³/mol. The van der Waals surface area contributed by atoms with Crippen LogP contribution < -0.4 is 10.5 Å². The Hall–Kier alpha value is -2.59. The number of carbonyl (C=O) groups is 1. The Morgan fingerprint density at radius 2 is 1.58 bits per heavy atom. The fourth-order valence-electron chi connectivity index (χ4n) is 2.38. The molecule has 0 saturated carbocycles. The summed E-state index contributed by atoms with van der Waals surface area (Å²) in [5.74, 6) is 0.348. The lowest BCUT2D eigenvalue weighted by atomic mass is 10.0. The number of halogens is 1. The van der Waals surface area contributed by atoms with Crippen LogP contribution in [-0.2, 0) is 6.61 Å². The van der Waals surface area contributed by atoms with Crippen molar-refractivity contribution in [1.82, 2.24) is 0 Å². The third kappa shape index (κ3) is 3.84. The highest BCUT2D eigenvalue weighted by Gasteiger charge is 2.08. The van der Waals surface area contributed by atoms with Gasteiger partial charge in [-0.15, -0.1) is 0 Å². The number of rotatable bonds is 5. The third-order valence-corrected chi connectivity index (χ3v) is 4.36. The number of ether oxygens (including phenoxy) is 1. The Bertz CT molecular complexity index is 845. The van der Waals surface area contributed by atoms with Gasteiger partial charge in [-0.1, -0.05) is 48.5 Å². The van der Waals surface area contributed by atoms with Crippen LogP contribution in [0.3, 0.4) is 0 Å². The van der Waals surface area contributed by atoms with E-state index in [0.29, 0.717) is 16.6 Å². The smallest absolute Gasteiger partial charge is 0.249 e. The van der Waals surface area contributed by atoms with Crippen molar-refractivity contribution in [1.29, 1.82) is 0 Å². The summed E-state index contributed by atoms with van der Waals surface area (Å²) in [6, 6.07) is 23.4. The van der Waals surface area contributed by atoms with E-state index < -0.39 is 5.91 Å². The second kappa shape index (κ2) is 7.32. The molecule has 3 nitrogen and oxygen atoms in total. The molecule has 0 fully saturated rings. The maximum Gasteiger partial charge on any atom is 0.249 e. The van der Waals surface area contributed by atoms with Gasteiger partial charge in [0.05, 0.1) is 5.56 Å². The zero-order valence-corrected chi connectivity index (χ0v) is 14.5. The fraction of sp³-hybridized carbons (Fsp3) is 0.0500. The van der Waals surface area contributed by atoms with E-state index in [4.69, 9.17) is 10.5 Å². The molecule has 3 aromatic rings. The van der Waals surface area contributed by atoms with Gasteiger partial charge in [0.15, 0.2) is 0 Å². The van der Waals surface area contributed by atoms with E-state index in [2.05, 4.69) is 15.9 Å². The summed E-state index contributed by atoms with van der Waals surface area (Å²) in [5, 5.41) is 0. The third-order valence-electron chi connectivity index (χ3n) is 3.67. The topological polar surface area (TPSA) is 52.3 Å². The van der Waals surface area contributed by atoms with Gasteiger partial charge < -0.3 is 10.5 Å². The van der Waals surface area contributed by atoms with Crippen LogP contribution >= 0.6 is 15.9 Å². The number of primary amides is 1. The largest absolute Gasteiger partial charge is 0.489 e. The molecule has 0 unspecified atom stereocenters. The molecular weight excluding hydrogens is 366 g/mol. The summed E-state index contributed by atoms with van der Waals surface area (Å²) < 4.78 is 6.48. The quantitative estimate of drug-likeness (QED) is 0.690. The van der Waals surface area contributed by atoms with E-state index >= 15 is 0 Å². The first-order valence-corrected chi connectivity index (χ1v) is 8.29. The van der Waals surface area contributed by atoms with Crippen LogP contribution in [0, 0.1) is 0 Å². The number of amides is 1. The van der Waals surface area contributed by atoms with Crippen molar-refractivity contribution in [2.45, 2.75) is 6.61 Å². The van der Waals surface area contributed by atoms with Gasteiger partial charge in [-0.25, -0.2) is 0 Å². The van der Waals surface area contributed by atoms with Crippen molar-refractivity contribution < 1.29 is 9.53 Å². The molecule has 4 heteroatoms. The molecule has 24 heavy (non-hydrogen) atoms. The average Bonchev–Trinajstić information content (AvgIpc) is 2.61. The summed E-state index contributed by atoms with van der Waals surface area (Å²) >= 11 is 3.34. The van der Waals surface area contributed by atoms with Crippen molar-refractivity contribution in [2.75, 3.05) is 0 Å². The predicted octanol–water partition coefficient (Wildman–Crippen LogP) is 4.79. The van der Waals surface area contributed by atoms with Crippen LogP contribution in [-0.4, -0.2) is 5.91 Å². The standard InChI is InChI=1S/C20H16BrNO2/c21-19-11-8-16(12-18(19)20(22)23)15-6-9-17(10-7-15)24-13-14-4-2-1-3-5-14/h1-12H,13H2,(H2,22,23). The fourth-order valence-corrected chi connectivity index (χ4v) is 2.82. The second-order valence-electron chi connectivity index (χ2n) is 5.36. The normalized spacial score (nSPS) is 10.4. The summed E-state index contributed by atoms with van der Waals surface area (Å²) in [6.07, 6.45) is 0. The van der Waals surface area contributed by atoms with Crippen molar-refractivity contribution in [2.24, 2.45) is 5.73 Å². The van der Waals surface area contributed by atoms with Crippen LogP contribution in [0.15, 0.2) is 77.3 Å². The number of hydrogen-bond donors (Lipinski definition) is 1. The minimum Gasteiger partial charge on any atom is -0.489 e. The first kappa shape index (κ1) is 16.3. The summed E-state index contributed by atoms with van der Waals surface area (Å²) in [7, 11) is 0. The van der Waals surface area contributed by atoms with Crippen molar-refractivity contribution in [3.05, 3.63) is 88.4 Å². The van der Waals surface area contributed by atoms with Crippen LogP contribution in [0.5, 0.6) is 5.75 Å². The van der Waals surface area contributed by atoms with E-state index in [1.54, 1.807) is 6.07 Å². The number of carbonyl (C=O) groups excluding carboxylic acids is 1. The lowest BCUT2D eigenvalue weighted by molar-refractivity contribution is 0.0999. The minimum absolute atomic E-state index is 0.452. The Morgan fingerprint density at radius 1 is 0.917 bits per heavy atom. The SMILES string of the molecule is NC(=O)c1cc(-c2ccc(OCc3ccccc3)cc2)ccc1Br. The Labute approximate surface area is 149 Å². The zero-order valence-electron chi connectivity index (χ0n) is 12.9. The van der Waals surface area contributed by atoms with Crippen LogP contribution in [0.4, 0.5) is 0 Å². The van der Waals surface area contributed by atoms with Crippen LogP contribution in [0.1, 0.15) is 15.9 Å². The highest BCUT2D eigenvalue weighted by molar-refractivity contribution is 9.10. The van der Waals surface area contributed by atoms with E-state index in [9.17, 15) is 4.79 Å². The van der Waals surface area contributed by atoms with Crippen molar-refractivity contribution >= 4 is 21.8 Å². The highest BCUT2D eigenvalue weighted by atomic mass is 79.9. The van der Waals surface area contributed by atoms with Gasteiger partial charge in [-0.05, 0) is 56.9 Å². The van der Waals surface area contributed by atoms with E-state index in [1.807, 2.05) is 66.7 Å². The van der Waals surface area contributed by atoms with E-state index in [-0.39, 0.29) is 0 Å². The summed E-state index contributed by atoms with van der Waals surface area (Å²) in [6.45, 7) is 0.532. The van der Waals surface area contributed by atoms with Gasteiger partial charge in [0.1, 0.15) is 12.4 Å². The molecule has 3 aromatic carbocycles. The molecule has 0 bridgehead atoms. The lowest BCUT2D eigenvalue weighted by Crippen LogP contribution is -2.11. The van der Waals surface area contributed by atoms with Crippen molar-refractivity contribution in [3.8, 4) is 16.9 Å². The molecule has 0 radical (unpaired) electrons. The molecule has 0 saturated heterocycles. The summed E-state index contributed by atoms with van der Waals surface area (Å²) in [5.41, 5.74) is 8.92. The molecule has 0 aliphatic carbocycles. The van der Waals surface area contributed by atoms with E-state index in [1.165, 1.54) is 0 Å². The number of hydrogen-bond acceptors (Lipinski definition) is 2. The van der Waals surface area contributed by atoms with Gasteiger partial charge in [0.25, 0.3) is 0 Å². The maximum absolute atomic E-state index is 11.5. The molecule has 1 amide bonds. The first-order chi connectivity index (χ1) is 11.6. The molecule has 120 valence electrons. The molecule has 2 N–H and O–H groups in total. The summed E-state index contributed by atoms with van der Waals surface area (Å²) in [4.78, 5) is 11.5. The van der Waals surface area contributed by atoms with Crippen LogP contribution in [0.2, 0.25) is 0 Å². The average molecular weight is 382 g/mol. The monoisotopic (exact) mass is 381 g/mol. The van der Waals surface area contributed by atoms with Gasteiger partial charge in [-0.2, -0.15) is 0 Å². The molecular formula is C20H16BrNO2. The maximum atomic E-state index is 11.5. The Balaban J connectivity index is 1.75. The van der Waals surface area contributed by atoms with Gasteiger partial charge >= 0.3 is 0 Å². The molecule has 0 aliphatic rings. The van der Waals surface area contributed by atoms with Gasteiger partial charge in [0.2, 0.25) is 5.91 Å². The number of nitrogens with two attached hydrogens (primary N) is 1. The minimum atomic E-state index is -0.452. The Morgan fingerprint density at radius 3 is 2.25 bits per heavy atom. The molecule has 0 aromatic heterocycles. The molecule has 0 spiro atoms. The van der Waals surface area contributed by atoms with Crippen molar-refractivity contribution in [3.63, 3.8) is 0 Å². The van der Waals surface area contributed by atoms with Gasteiger partial charge in [0, 0.05) is 4.47 Å². The van der Waals surface area contributed by atoms with Gasteiger partial charge in [-0.3, -0.25) is 4.79 Å². The second-order valence-corrected chi connectivity index (χ2v) is 6.21.